The molecule has 0 heterocycles. The van der Waals surface area contributed by atoms with Gasteiger partial charge in [-0.3, -0.25) is 0 Å². The van der Waals surface area contributed by atoms with Gasteiger partial charge in [0.15, 0.2) is 0 Å². The zero-order chi connectivity index (χ0) is 10.6. The maximum Gasteiger partial charge on any atom is 0.123 e. The second-order valence-electron chi connectivity index (χ2n) is 3.30. The van der Waals surface area contributed by atoms with Crippen LogP contribution in [0.5, 0.6) is 5.75 Å². The molecule has 0 aromatic heterocycles. The topological polar surface area (TPSA) is 9.23 Å². The fourth-order valence-corrected chi connectivity index (χ4v) is 1.06. The molecule has 1 rings (SSSR count). The van der Waals surface area contributed by atoms with Crippen LogP contribution in [0.1, 0.15) is 18.9 Å². The second kappa shape index (κ2) is 4.80. The Hall–Kier alpha value is -1.31. The third kappa shape index (κ3) is 2.87. The first kappa shape index (κ1) is 10.8. The average Bonchev–Trinajstić information content (AvgIpc) is 2.16. The van der Waals surface area contributed by atoms with Gasteiger partial charge in [0, 0.05) is 0 Å². The van der Waals surface area contributed by atoms with Crippen LogP contribution in [-0.4, -0.2) is 6.61 Å². The lowest BCUT2D eigenvalue weighted by molar-refractivity contribution is 0.346. The molecule has 0 saturated carbocycles. The summed E-state index contributed by atoms with van der Waals surface area (Å²) in [6, 6.07) is 4.51. The Morgan fingerprint density at radius 2 is 2.21 bits per heavy atom. The summed E-state index contributed by atoms with van der Waals surface area (Å²) in [4.78, 5) is 0. The van der Waals surface area contributed by atoms with E-state index in [9.17, 15) is 4.39 Å². The Balaban J connectivity index is 2.63. The van der Waals surface area contributed by atoms with Crippen LogP contribution in [0, 0.1) is 12.7 Å². The Labute approximate surface area is 84.2 Å². The molecule has 1 aromatic carbocycles. The molecule has 0 aliphatic rings. The molecule has 0 saturated heterocycles. The molecule has 0 spiro atoms. The van der Waals surface area contributed by atoms with Gasteiger partial charge in [-0.2, -0.15) is 0 Å². The van der Waals surface area contributed by atoms with Crippen molar-refractivity contribution in [2.24, 2.45) is 0 Å². The summed E-state index contributed by atoms with van der Waals surface area (Å²) in [5.74, 6) is 0.491. The number of ether oxygens (including phenoxy) is 1. The molecule has 0 N–H and O–H groups in total. The van der Waals surface area contributed by atoms with Gasteiger partial charge < -0.3 is 4.74 Å². The monoisotopic (exact) mass is 194 g/mol. The van der Waals surface area contributed by atoms with Crippen LogP contribution < -0.4 is 4.74 Å². The lowest BCUT2D eigenvalue weighted by Gasteiger charge is -2.09. The molecule has 0 bridgehead atoms. The molecule has 76 valence electrons. The van der Waals surface area contributed by atoms with E-state index in [2.05, 4.69) is 6.58 Å². The van der Waals surface area contributed by atoms with E-state index in [1.807, 2.05) is 13.8 Å². The molecule has 0 aliphatic carbocycles. The lowest BCUT2D eigenvalue weighted by atomic mass is 10.2. The van der Waals surface area contributed by atoms with Crippen molar-refractivity contribution in [2.45, 2.75) is 20.3 Å². The van der Waals surface area contributed by atoms with E-state index in [-0.39, 0.29) is 5.82 Å². The minimum absolute atomic E-state index is 0.232. The molecule has 0 fully saturated rings. The number of hydrogen-bond acceptors (Lipinski definition) is 1. The summed E-state index contributed by atoms with van der Waals surface area (Å²) < 4.78 is 18.2. The SMILES string of the molecule is C=C(CC)COc1ccc(F)cc1C. The lowest BCUT2D eigenvalue weighted by Crippen LogP contribution is -2.00. The van der Waals surface area contributed by atoms with Crippen molar-refractivity contribution >= 4 is 0 Å². The maximum atomic E-state index is 12.7. The van der Waals surface area contributed by atoms with Crippen molar-refractivity contribution < 1.29 is 9.13 Å². The largest absolute Gasteiger partial charge is 0.489 e. The molecular weight excluding hydrogens is 179 g/mol. The molecule has 0 aliphatic heterocycles. The Morgan fingerprint density at radius 3 is 2.79 bits per heavy atom. The van der Waals surface area contributed by atoms with E-state index in [0.29, 0.717) is 6.61 Å². The Kier molecular flexibility index (Phi) is 3.69. The summed E-state index contributed by atoms with van der Waals surface area (Å²) in [7, 11) is 0. The van der Waals surface area contributed by atoms with Gasteiger partial charge in [0.1, 0.15) is 18.2 Å². The molecule has 0 atom stereocenters. The van der Waals surface area contributed by atoms with Gasteiger partial charge in [-0.25, -0.2) is 4.39 Å². The zero-order valence-corrected chi connectivity index (χ0v) is 8.64. The summed E-state index contributed by atoms with van der Waals surface area (Å²) in [6.45, 7) is 8.20. The number of rotatable bonds is 4. The van der Waals surface area contributed by atoms with Gasteiger partial charge in [0.25, 0.3) is 0 Å². The van der Waals surface area contributed by atoms with Crippen LogP contribution in [0.2, 0.25) is 0 Å². The number of halogens is 1. The first-order valence-electron chi connectivity index (χ1n) is 4.69. The normalized spacial score (nSPS) is 9.93. The molecule has 2 heteroatoms. The van der Waals surface area contributed by atoms with Crippen LogP contribution in [0.3, 0.4) is 0 Å². The van der Waals surface area contributed by atoms with Gasteiger partial charge in [-0.15, -0.1) is 0 Å². The summed E-state index contributed by atoms with van der Waals surface area (Å²) in [6.07, 6.45) is 0.903. The highest BCUT2D eigenvalue weighted by atomic mass is 19.1. The van der Waals surface area contributed by atoms with Crippen LogP contribution >= 0.6 is 0 Å². The second-order valence-corrected chi connectivity index (χ2v) is 3.30. The average molecular weight is 194 g/mol. The minimum atomic E-state index is -0.232. The minimum Gasteiger partial charge on any atom is -0.489 e. The number of benzene rings is 1. The zero-order valence-electron chi connectivity index (χ0n) is 8.64. The highest BCUT2D eigenvalue weighted by molar-refractivity contribution is 5.32. The van der Waals surface area contributed by atoms with Crippen LogP contribution in [-0.2, 0) is 0 Å². The standard InChI is InChI=1S/C12H15FO/c1-4-9(2)8-14-12-6-5-11(13)7-10(12)3/h5-7H,2,4,8H2,1,3H3. The Bertz CT molecular complexity index is 331. The first-order chi connectivity index (χ1) is 6.63. The predicted octanol–water partition coefficient (Wildman–Crippen LogP) is 3.48. The summed E-state index contributed by atoms with van der Waals surface area (Å²) in [5.41, 5.74) is 1.85. The molecular formula is C12H15FO. The summed E-state index contributed by atoms with van der Waals surface area (Å²) >= 11 is 0. The molecule has 1 aromatic rings. The highest BCUT2D eigenvalue weighted by Crippen LogP contribution is 2.18. The van der Waals surface area contributed by atoms with Crippen LogP contribution in [0.4, 0.5) is 4.39 Å². The van der Waals surface area contributed by atoms with Crippen molar-refractivity contribution in [3.8, 4) is 5.75 Å². The number of aryl methyl sites for hydroxylation is 1. The molecule has 0 unspecified atom stereocenters. The van der Waals surface area contributed by atoms with Crippen molar-refractivity contribution in [3.63, 3.8) is 0 Å². The van der Waals surface area contributed by atoms with E-state index >= 15 is 0 Å². The maximum absolute atomic E-state index is 12.7. The van der Waals surface area contributed by atoms with Crippen LogP contribution in [0.15, 0.2) is 30.4 Å². The third-order valence-electron chi connectivity index (χ3n) is 2.07. The van der Waals surface area contributed by atoms with Crippen molar-refractivity contribution in [1.82, 2.24) is 0 Å². The van der Waals surface area contributed by atoms with Gasteiger partial charge >= 0.3 is 0 Å². The number of hydrogen-bond donors (Lipinski definition) is 0. The van der Waals surface area contributed by atoms with E-state index in [4.69, 9.17) is 4.74 Å². The fourth-order valence-electron chi connectivity index (χ4n) is 1.06. The van der Waals surface area contributed by atoms with Crippen molar-refractivity contribution in [2.75, 3.05) is 6.61 Å². The van der Waals surface area contributed by atoms with Crippen LogP contribution in [0.25, 0.3) is 0 Å². The van der Waals surface area contributed by atoms with E-state index < -0.39 is 0 Å². The van der Waals surface area contributed by atoms with E-state index in [1.165, 1.54) is 12.1 Å². The Morgan fingerprint density at radius 1 is 1.50 bits per heavy atom. The molecule has 0 radical (unpaired) electrons. The van der Waals surface area contributed by atoms with Gasteiger partial charge in [-0.05, 0) is 42.7 Å². The molecule has 14 heavy (non-hydrogen) atoms. The van der Waals surface area contributed by atoms with Gasteiger partial charge in [-0.1, -0.05) is 13.5 Å². The van der Waals surface area contributed by atoms with Gasteiger partial charge in [0.2, 0.25) is 0 Å². The summed E-state index contributed by atoms with van der Waals surface area (Å²) in [5, 5.41) is 0. The van der Waals surface area contributed by atoms with Crippen molar-refractivity contribution in [1.29, 1.82) is 0 Å². The van der Waals surface area contributed by atoms with E-state index in [0.717, 1.165) is 23.3 Å². The quantitative estimate of drug-likeness (QED) is 0.667. The smallest absolute Gasteiger partial charge is 0.123 e. The van der Waals surface area contributed by atoms with Crippen molar-refractivity contribution in [3.05, 3.63) is 41.7 Å². The fraction of sp³-hybridized carbons (Fsp3) is 0.333. The molecule has 0 amide bonds. The third-order valence-corrected chi connectivity index (χ3v) is 2.07. The first-order valence-corrected chi connectivity index (χ1v) is 4.69. The molecule has 1 nitrogen and oxygen atoms in total. The van der Waals surface area contributed by atoms with E-state index in [1.54, 1.807) is 6.07 Å². The van der Waals surface area contributed by atoms with Gasteiger partial charge in [0.05, 0.1) is 0 Å². The highest BCUT2D eigenvalue weighted by Gasteiger charge is 2.01. The predicted molar refractivity (Wildman–Crippen MR) is 56.1 cm³/mol.